The van der Waals surface area contributed by atoms with Crippen molar-refractivity contribution in [3.8, 4) is 11.6 Å². The van der Waals surface area contributed by atoms with Crippen molar-refractivity contribution in [3.63, 3.8) is 0 Å². The number of aromatic nitrogens is 2. The zero-order chi connectivity index (χ0) is 13.3. The Kier molecular flexibility index (Phi) is 3.50. The predicted molar refractivity (Wildman–Crippen MR) is 73.8 cm³/mol. The minimum Gasteiger partial charge on any atom is -0.434 e. The number of nitrogens with zero attached hydrogens (tertiary/aromatic N) is 3. The fourth-order valence-electron chi connectivity index (χ4n) is 1.56. The van der Waals surface area contributed by atoms with Gasteiger partial charge in [-0.05, 0) is 53.8 Å². The molecule has 94 valence electrons. The van der Waals surface area contributed by atoms with Crippen LogP contribution < -0.4 is 4.74 Å². The smallest absolute Gasteiger partial charge is 0.353 e. The second kappa shape index (κ2) is 4.92. The molecule has 0 spiro atoms. The summed E-state index contributed by atoms with van der Waals surface area (Å²) in [5.74, 6) is 0.681. The van der Waals surface area contributed by atoms with Crippen LogP contribution in [0.3, 0.4) is 0 Å². The molecule has 2 aromatic rings. The zero-order valence-electron chi connectivity index (χ0n) is 9.75. The van der Waals surface area contributed by atoms with Crippen LogP contribution >= 0.6 is 22.6 Å². The summed E-state index contributed by atoms with van der Waals surface area (Å²) in [6.07, 6.45) is 0. The Hall–Kier alpha value is -1.64. The molecule has 0 aliphatic rings. The van der Waals surface area contributed by atoms with E-state index in [4.69, 9.17) is 4.74 Å². The molecule has 7 heteroatoms. The topological polar surface area (TPSA) is 70.2 Å². The first-order valence-electron chi connectivity index (χ1n) is 5.10. The molecule has 1 heterocycles. The van der Waals surface area contributed by atoms with Crippen LogP contribution in [0.4, 0.5) is 5.69 Å². The highest BCUT2D eigenvalue weighted by atomic mass is 127. The lowest BCUT2D eigenvalue weighted by Crippen LogP contribution is -1.97. The molecule has 0 fully saturated rings. The molecule has 0 aliphatic carbocycles. The van der Waals surface area contributed by atoms with E-state index in [1.807, 2.05) is 12.1 Å². The fourth-order valence-corrected chi connectivity index (χ4v) is 1.92. The van der Waals surface area contributed by atoms with Gasteiger partial charge in [-0.1, -0.05) is 0 Å². The number of nitro groups is 1. The summed E-state index contributed by atoms with van der Waals surface area (Å²) >= 11 is 2.17. The first-order valence-corrected chi connectivity index (χ1v) is 6.18. The average Bonchev–Trinajstić information content (AvgIpc) is 2.57. The molecule has 0 amide bonds. The van der Waals surface area contributed by atoms with Crippen LogP contribution in [-0.2, 0) is 7.05 Å². The Balaban J connectivity index is 2.39. The monoisotopic (exact) mass is 359 g/mol. The highest BCUT2D eigenvalue weighted by molar-refractivity contribution is 14.1. The third-order valence-corrected chi connectivity index (χ3v) is 3.07. The van der Waals surface area contributed by atoms with Gasteiger partial charge in [0.05, 0.1) is 4.92 Å². The van der Waals surface area contributed by atoms with E-state index in [2.05, 4.69) is 27.7 Å². The largest absolute Gasteiger partial charge is 0.434 e. The molecule has 0 saturated carbocycles. The van der Waals surface area contributed by atoms with Gasteiger partial charge in [0.15, 0.2) is 0 Å². The van der Waals surface area contributed by atoms with E-state index in [0.717, 1.165) is 3.57 Å². The molecule has 0 radical (unpaired) electrons. The maximum absolute atomic E-state index is 11.0. The summed E-state index contributed by atoms with van der Waals surface area (Å²) in [5.41, 5.74) is 0.235. The van der Waals surface area contributed by atoms with Crippen LogP contribution in [0.15, 0.2) is 24.3 Å². The maximum Gasteiger partial charge on any atom is 0.353 e. The maximum atomic E-state index is 11.0. The molecule has 1 aromatic heterocycles. The number of benzene rings is 1. The second-order valence-corrected chi connectivity index (χ2v) is 4.92. The van der Waals surface area contributed by atoms with Crippen molar-refractivity contribution in [1.29, 1.82) is 0 Å². The van der Waals surface area contributed by atoms with Gasteiger partial charge in [-0.3, -0.25) is 10.1 Å². The molecule has 2 rings (SSSR count). The lowest BCUT2D eigenvalue weighted by atomic mass is 10.3. The standard InChI is InChI=1S/C11H10IN3O3/c1-7-10(15(16)17)11(14(2)13-7)18-9-5-3-8(12)4-6-9/h3-6H,1-2H3. The number of aryl methyl sites for hydroxylation is 2. The zero-order valence-corrected chi connectivity index (χ0v) is 11.9. The highest BCUT2D eigenvalue weighted by Gasteiger charge is 2.26. The van der Waals surface area contributed by atoms with Crippen molar-refractivity contribution < 1.29 is 9.66 Å². The number of hydrogen-bond donors (Lipinski definition) is 0. The minimum absolute atomic E-state index is 0.101. The average molecular weight is 359 g/mol. The van der Waals surface area contributed by atoms with Crippen LogP contribution in [0.25, 0.3) is 0 Å². The van der Waals surface area contributed by atoms with Crippen molar-refractivity contribution in [2.75, 3.05) is 0 Å². The normalized spacial score (nSPS) is 10.4. The van der Waals surface area contributed by atoms with Crippen molar-refractivity contribution in [1.82, 2.24) is 9.78 Å². The Bertz CT molecular complexity index is 592. The van der Waals surface area contributed by atoms with E-state index in [0.29, 0.717) is 11.4 Å². The third kappa shape index (κ3) is 2.45. The molecule has 0 bridgehead atoms. The Morgan fingerprint density at radius 2 is 2.00 bits per heavy atom. The molecule has 0 aliphatic heterocycles. The van der Waals surface area contributed by atoms with E-state index >= 15 is 0 Å². The van der Waals surface area contributed by atoms with Crippen molar-refractivity contribution in [2.24, 2.45) is 7.05 Å². The van der Waals surface area contributed by atoms with E-state index in [-0.39, 0.29) is 11.6 Å². The van der Waals surface area contributed by atoms with Crippen LogP contribution in [0.2, 0.25) is 0 Å². The van der Waals surface area contributed by atoms with E-state index in [9.17, 15) is 10.1 Å². The van der Waals surface area contributed by atoms with Crippen molar-refractivity contribution >= 4 is 28.3 Å². The quantitative estimate of drug-likeness (QED) is 0.480. The molecule has 6 nitrogen and oxygen atoms in total. The summed E-state index contributed by atoms with van der Waals surface area (Å²) in [4.78, 5) is 10.5. The summed E-state index contributed by atoms with van der Waals surface area (Å²) in [5, 5.41) is 15.0. The van der Waals surface area contributed by atoms with Crippen molar-refractivity contribution in [2.45, 2.75) is 6.92 Å². The first kappa shape index (κ1) is 12.8. The van der Waals surface area contributed by atoms with Crippen LogP contribution in [0, 0.1) is 20.6 Å². The highest BCUT2D eigenvalue weighted by Crippen LogP contribution is 2.33. The van der Waals surface area contributed by atoms with Gasteiger partial charge in [0, 0.05) is 10.6 Å². The molecule has 0 atom stereocenters. The second-order valence-electron chi connectivity index (χ2n) is 3.68. The molecule has 0 saturated heterocycles. The summed E-state index contributed by atoms with van der Waals surface area (Å²) in [6, 6.07) is 7.25. The number of ether oxygens (including phenoxy) is 1. The van der Waals surface area contributed by atoms with Crippen LogP contribution in [0.1, 0.15) is 5.69 Å². The molecular weight excluding hydrogens is 349 g/mol. The van der Waals surface area contributed by atoms with Gasteiger partial charge in [0.1, 0.15) is 11.4 Å². The van der Waals surface area contributed by atoms with Gasteiger partial charge in [0.25, 0.3) is 5.88 Å². The molecule has 18 heavy (non-hydrogen) atoms. The van der Waals surface area contributed by atoms with E-state index < -0.39 is 4.92 Å². The fraction of sp³-hybridized carbons (Fsp3) is 0.182. The minimum atomic E-state index is -0.482. The van der Waals surface area contributed by atoms with Gasteiger partial charge >= 0.3 is 5.69 Å². The lowest BCUT2D eigenvalue weighted by Gasteiger charge is -2.04. The lowest BCUT2D eigenvalue weighted by molar-refractivity contribution is -0.386. The molecule has 0 N–H and O–H groups in total. The van der Waals surface area contributed by atoms with Gasteiger partial charge in [-0.25, -0.2) is 4.68 Å². The third-order valence-electron chi connectivity index (χ3n) is 2.35. The summed E-state index contributed by atoms with van der Waals surface area (Å²) < 4.78 is 7.96. The molecule has 1 aromatic carbocycles. The summed E-state index contributed by atoms with van der Waals surface area (Å²) in [7, 11) is 1.61. The predicted octanol–water partition coefficient (Wildman–Crippen LogP) is 3.03. The number of halogens is 1. The van der Waals surface area contributed by atoms with Gasteiger partial charge in [0.2, 0.25) is 0 Å². The number of hydrogen-bond acceptors (Lipinski definition) is 4. The SMILES string of the molecule is Cc1nn(C)c(Oc2ccc(I)cc2)c1[N+](=O)[O-]. The van der Waals surface area contributed by atoms with Gasteiger partial charge in [-0.2, -0.15) is 5.10 Å². The Morgan fingerprint density at radius 1 is 1.39 bits per heavy atom. The summed E-state index contributed by atoms with van der Waals surface area (Å²) in [6.45, 7) is 1.58. The van der Waals surface area contributed by atoms with Crippen molar-refractivity contribution in [3.05, 3.63) is 43.6 Å². The number of rotatable bonds is 3. The molecule has 0 unspecified atom stereocenters. The Labute approximate surface area is 117 Å². The van der Waals surface area contributed by atoms with Gasteiger partial charge in [-0.15, -0.1) is 0 Å². The first-order chi connectivity index (χ1) is 8.49. The van der Waals surface area contributed by atoms with E-state index in [1.165, 1.54) is 4.68 Å². The van der Waals surface area contributed by atoms with E-state index in [1.54, 1.807) is 26.1 Å². The molecular formula is C11H10IN3O3. The van der Waals surface area contributed by atoms with Crippen LogP contribution in [0.5, 0.6) is 11.6 Å². The Morgan fingerprint density at radius 3 is 2.56 bits per heavy atom. The van der Waals surface area contributed by atoms with Crippen LogP contribution in [-0.4, -0.2) is 14.7 Å². The van der Waals surface area contributed by atoms with Gasteiger partial charge < -0.3 is 4.74 Å².